The fourth-order valence-corrected chi connectivity index (χ4v) is 7.26. The van der Waals surface area contributed by atoms with Gasteiger partial charge in [0.2, 0.25) is 0 Å². The molecule has 2 aromatic carbocycles. The number of halogens is 1. The summed E-state index contributed by atoms with van der Waals surface area (Å²) in [5.41, 5.74) is 3.44. The molecule has 0 aromatic heterocycles. The number of hydrogen-bond acceptors (Lipinski definition) is 2. The molecular weight excluding hydrogens is 339 g/mol. The second-order valence-corrected chi connectivity index (χ2v) is 13.8. The highest BCUT2D eigenvalue weighted by Crippen LogP contribution is 2.45. The van der Waals surface area contributed by atoms with E-state index in [1.54, 1.807) is 12.1 Å². The predicted octanol–water partition coefficient (Wildman–Crippen LogP) is 4.79. The van der Waals surface area contributed by atoms with Crippen molar-refractivity contribution in [3.05, 3.63) is 65.5 Å². The van der Waals surface area contributed by atoms with E-state index in [4.69, 9.17) is 0 Å². The van der Waals surface area contributed by atoms with Gasteiger partial charge in [-0.15, -0.1) is 0 Å². The molecular formula is C19H21FO2SSi. The molecule has 3 rings (SSSR count). The van der Waals surface area contributed by atoms with Gasteiger partial charge in [-0.2, -0.15) is 0 Å². The van der Waals surface area contributed by atoms with Crippen LogP contribution in [0.1, 0.15) is 17.5 Å². The summed E-state index contributed by atoms with van der Waals surface area (Å²) in [5, 5.41) is 1.36. The minimum atomic E-state index is -3.19. The molecule has 1 aliphatic rings. The first-order valence-electron chi connectivity index (χ1n) is 7.98. The quantitative estimate of drug-likeness (QED) is 0.738. The Morgan fingerprint density at radius 3 is 2.00 bits per heavy atom. The van der Waals surface area contributed by atoms with Gasteiger partial charge < -0.3 is 0 Å². The Hall–Kier alpha value is -1.72. The highest BCUT2D eigenvalue weighted by molar-refractivity contribution is 7.90. The van der Waals surface area contributed by atoms with E-state index >= 15 is 0 Å². The molecule has 0 N–H and O–H groups in total. The molecule has 5 heteroatoms. The summed E-state index contributed by atoms with van der Waals surface area (Å²) in [6.45, 7) is 4.67. The highest BCUT2D eigenvalue weighted by atomic mass is 32.2. The maximum absolute atomic E-state index is 13.2. The molecule has 1 aliphatic heterocycles. The average molecular weight is 361 g/mol. The van der Waals surface area contributed by atoms with E-state index in [2.05, 4.69) is 13.1 Å². The Kier molecular flexibility index (Phi) is 4.26. The molecule has 1 heterocycles. The standard InChI is InChI=1S/C19H21FO2SSi/c1-23(21,22)17-10-6-15(7-11-17)19-18(12-13-24(19,2)3)14-4-8-16(20)9-5-14/h4-11H,12-13H2,1-3H3. The van der Waals surface area contributed by atoms with Crippen LogP contribution in [-0.4, -0.2) is 22.7 Å². The van der Waals surface area contributed by atoms with E-state index < -0.39 is 17.9 Å². The van der Waals surface area contributed by atoms with Crippen molar-refractivity contribution in [2.24, 2.45) is 0 Å². The smallest absolute Gasteiger partial charge is 0.175 e. The fourth-order valence-electron chi connectivity index (χ4n) is 3.47. The highest BCUT2D eigenvalue weighted by Gasteiger charge is 2.35. The number of benzene rings is 2. The lowest BCUT2D eigenvalue weighted by molar-refractivity contribution is 0.602. The summed E-state index contributed by atoms with van der Waals surface area (Å²) in [6, 6.07) is 15.0. The molecule has 2 nitrogen and oxygen atoms in total. The van der Waals surface area contributed by atoms with Crippen LogP contribution in [0.3, 0.4) is 0 Å². The third-order valence-corrected chi connectivity index (χ3v) is 9.31. The van der Waals surface area contributed by atoms with Gasteiger partial charge in [0.15, 0.2) is 9.84 Å². The lowest BCUT2D eigenvalue weighted by Crippen LogP contribution is -2.23. The molecule has 0 saturated heterocycles. The zero-order chi connectivity index (χ0) is 17.5. The Balaban J connectivity index is 2.13. The van der Waals surface area contributed by atoms with E-state index in [1.165, 1.54) is 29.2 Å². The van der Waals surface area contributed by atoms with Crippen LogP contribution in [0.15, 0.2) is 53.4 Å². The molecule has 0 amide bonds. The average Bonchev–Trinajstić information content (AvgIpc) is 2.83. The Morgan fingerprint density at radius 2 is 1.46 bits per heavy atom. The zero-order valence-electron chi connectivity index (χ0n) is 14.1. The molecule has 0 bridgehead atoms. The first kappa shape index (κ1) is 17.1. The third-order valence-electron chi connectivity index (χ3n) is 4.74. The molecule has 0 atom stereocenters. The van der Waals surface area contributed by atoms with Crippen molar-refractivity contribution in [2.45, 2.75) is 30.5 Å². The van der Waals surface area contributed by atoms with Crippen LogP contribution < -0.4 is 0 Å². The number of hydrogen-bond donors (Lipinski definition) is 0. The van der Waals surface area contributed by atoms with Gasteiger partial charge >= 0.3 is 0 Å². The Morgan fingerprint density at radius 1 is 0.917 bits per heavy atom. The lowest BCUT2D eigenvalue weighted by Gasteiger charge is -2.21. The van der Waals surface area contributed by atoms with Gasteiger partial charge in [-0.1, -0.05) is 37.4 Å². The largest absolute Gasteiger partial charge is 0.224 e. The van der Waals surface area contributed by atoms with Gasteiger partial charge in [0.1, 0.15) is 5.82 Å². The monoisotopic (exact) mass is 360 g/mol. The van der Waals surface area contributed by atoms with Crippen molar-refractivity contribution >= 4 is 28.7 Å². The van der Waals surface area contributed by atoms with E-state index in [1.807, 2.05) is 24.3 Å². The van der Waals surface area contributed by atoms with E-state index in [-0.39, 0.29) is 5.82 Å². The van der Waals surface area contributed by atoms with E-state index in [0.29, 0.717) is 4.90 Å². The van der Waals surface area contributed by atoms with Gasteiger partial charge in [0, 0.05) is 6.26 Å². The van der Waals surface area contributed by atoms with Crippen molar-refractivity contribution in [1.82, 2.24) is 0 Å². The van der Waals surface area contributed by atoms with E-state index in [0.717, 1.165) is 23.6 Å². The summed E-state index contributed by atoms with van der Waals surface area (Å²) >= 11 is 0. The predicted molar refractivity (Wildman–Crippen MR) is 99.7 cm³/mol. The SMILES string of the molecule is C[Si]1(C)CCC(c2ccc(F)cc2)=C1c1ccc(S(C)(=O)=O)cc1. The van der Waals surface area contributed by atoms with Crippen molar-refractivity contribution in [2.75, 3.05) is 6.26 Å². The van der Waals surface area contributed by atoms with Gasteiger partial charge in [-0.25, -0.2) is 12.8 Å². The molecule has 126 valence electrons. The molecule has 0 radical (unpaired) electrons. The molecule has 0 spiro atoms. The van der Waals surface area contributed by atoms with Crippen LogP contribution in [0.2, 0.25) is 19.1 Å². The second-order valence-electron chi connectivity index (χ2n) is 7.04. The van der Waals surface area contributed by atoms with Crippen LogP contribution >= 0.6 is 0 Å². The molecule has 0 saturated carbocycles. The molecule has 2 aromatic rings. The van der Waals surface area contributed by atoms with Crippen molar-refractivity contribution < 1.29 is 12.8 Å². The van der Waals surface area contributed by atoms with Gasteiger partial charge in [-0.3, -0.25) is 0 Å². The van der Waals surface area contributed by atoms with Crippen molar-refractivity contribution in [3.8, 4) is 0 Å². The number of sulfone groups is 1. The molecule has 0 unspecified atom stereocenters. The van der Waals surface area contributed by atoms with Gasteiger partial charge in [0.25, 0.3) is 0 Å². The van der Waals surface area contributed by atoms with Gasteiger partial charge in [0.05, 0.1) is 13.0 Å². The summed E-state index contributed by atoms with van der Waals surface area (Å²) in [5.74, 6) is -0.229. The van der Waals surface area contributed by atoms with Crippen LogP contribution in [0.25, 0.3) is 10.8 Å². The lowest BCUT2D eigenvalue weighted by atomic mass is 10.0. The van der Waals surface area contributed by atoms with Crippen molar-refractivity contribution in [3.63, 3.8) is 0 Å². The Labute approximate surface area is 144 Å². The summed E-state index contributed by atoms with van der Waals surface area (Å²) in [4.78, 5) is 0.340. The first-order chi connectivity index (χ1) is 11.2. The van der Waals surface area contributed by atoms with Crippen molar-refractivity contribution in [1.29, 1.82) is 0 Å². The van der Waals surface area contributed by atoms with Crippen LogP contribution in [-0.2, 0) is 9.84 Å². The first-order valence-corrected chi connectivity index (χ1v) is 13.1. The fraction of sp³-hybridized carbons (Fsp3) is 0.263. The van der Waals surface area contributed by atoms with Crippen LogP contribution in [0, 0.1) is 5.82 Å². The van der Waals surface area contributed by atoms with Crippen LogP contribution in [0.4, 0.5) is 4.39 Å². The maximum atomic E-state index is 13.2. The van der Waals surface area contributed by atoms with Crippen LogP contribution in [0.5, 0.6) is 0 Å². The topological polar surface area (TPSA) is 34.1 Å². The summed E-state index contributed by atoms with van der Waals surface area (Å²) < 4.78 is 36.6. The number of allylic oxidation sites excluding steroid dienone is 1. The van der Waals surface area contributed by atoms with Gasteiger partial charge in [-0.05, 0) is 58.6 Å². The number of rotatable bonds is 3. The zero-order valence-corrected chi connectivity index (χ0v) is 16.0. The normalized spacial score (nSPS) is 17.3. The molecule has 0 aliphatic carbocycles. The summed E-state index contributed by atoms with van der Waals surface area (Å²) in [6.07, 6.45) is 2.22. The summed E-state index contributed by atoms with van der Waals surface area (Å²) in [7, 11) is -4.79. The second kappa shape index (κ2) is 5.97. The molecule has 24 heavy (non-hydrogen) atoms. The Bertz CT molecular complexity index is 895. The van der Waals surface area contributed by atoms with E-state index in [9.17, 15) is 12.8 Å². The minimum Gasteiger partial charge on any atom is -0.224 e. The third kappa shape index (κ3) is 3.23. The minimum absolute atomic E-state index is 0.229. The molecule has 0 fully saturated rings. The maximum Gasteiger partial charge on any atom is 0.175 e.